The molecule has 0 saturated heterocycles. The summed E-state index contributed by atoms with van der Waals surface area (Å²) in [4.78, 5) is 4.20. The predicted octanol–water partition coefficient (Wildman–Crippen LogP) is 2.04. The van der Waals surface area contributed by atoms with E-state index in [2.05, 4.69) is 38.1 Å². The molecular weight excluding hydrogens is 308 g/mol. The maximum Gasteiger partial charge on any atom is 0.166 e. The second-order valence-corrected chi connectivity index (χ2v) is 5.66. The van der Waals surface area contributed by atoms with E-state index in [0.717, 1.165) is 28.8 Å². The number of hydrogen-bond donors (Lipinski definition) is 1. The smallest absolute Gasteiger partial charge is 0.166 e. The Kier molecular flexibility index (Phi) is 3.28. The van der Waals surface area contributed by atoms with Gasteiger partial charge in [-0.2, -0.15) is 5.10 Å². The van der Waals surface area contributed by atoms with E-state index in [-0.39, 0.29) is 6.04 Å². The Morgan fingerprint density at radius 3 is 3.11 bits per heavy atom. The van der Waals surface area contributed by atoms with E-state index in [1.54, 1.807) is 11.0 Å². The lowest BCUT2D eigenvalue weighted by Gasteiger charge is -2.09. The van der Waals surface area contributed by atoms with Gasteiger partial charge in [-0.3, -0.25) is 0 Å². The number of rotatable bonds is 3. The van der Waals surface area contributed by atoms with Crippen LogP contribution in [0.1, 0.15) is 29.9 Å². The minimum atomic E-state index is -0.147. The number of hydrogen-bond acceptors (Lipinski definition) is 4. The normalized spacial score (nSPS) is 15.1. The van der Waals surface area contributed by atoms with E-state index < -0.39 is 0 Å². The number of ether oxygens (including phenoxy) is 1. The number of nitrogens with zero attached hydrogens (tertiary/aromatic N) is 3. The van der Waals surface area contributed by atoms with Gasteiger partial charge in [0, 0.05) is 16.5 Å². The van der Waals surface area contributed by atoms with E-state index >= 15 is 0 Å². The van der Waals surface area contributed by atoms with Crippen molar-refractivity contribution in [1.82, 2.24) is 14.8 Å². The summed E-state index contributed by atoms with van der Waals surface area (Å²) in [5.41, 5.74) is 8.13. The SMILES string of the molecule is CC(N)c1ncn(Cc2cc(Br)cc3c2OCC3)n1. The van der Waals surface area contributed by atoms with Gasteiger partial charge in [0.1, 0.15) is 12.1 Å². The molecule has 2 N–H and O–H groups in total. The van der Waals surface area contributed by atoms with E-state index in [4.69, 9.17) is 10.5 Å². The molecule has 0 bridgehead atoms. The molecule has 0 aliphatic carbocycles. The summed E-state index contributed by atoms with van der Waals surface area (Å²) in [6, 6.07) is 4.03. The summed E-state index contributed by atoms with van der Waals surface area (Å²) in [5.74, 6) is 1.65. The largest absolute Gasteiger partial charge is 0.493 e. The van der Waals surface area contributed by atoms with Crippen LogP contribution >= 0.6 is 15.9 Å². The molecule has 100 valence electrons. The molecule has 1 aromatic carbocycles. The predicted molar refractivity (Wildman–Crippen MR) is 75.1 cm³/mol. The van der Waals surface area contributed by atoms with Crippen molar-refractivity contribution >= 4 is 15.9 Å². The number of halogens is 1. The van der Waals surface area contributed by atoms with Gasteiger partial charge in [-0.05, 0) is 24.6 Å². The molecule has 2 heterocycles. The van der Waals surface area contributed by atoms with Crippen LogP contribution in [0.15, 0.2) is 22.9 Å². The van der Waals surface area contributed by atoms with Crippen molar-refractivity contribution in [2.24, 2.45) is 5.73 Å². The third kappa shape index (κ3) is 2.50. The molecule has 0 spiro atoms. The van der Waals surface area contributed by atoms with Crippen LogP contribution < -0.4 is 10.5 Å². The highest BCUT2D eigenvalue weighted by Crippen LogP contribution is 2.33. The quantitative estimate of drug-likeness (QED) is 0.939. The van der Waals surface area contributed by atoms with Gasteiger partial charge < -0.3 is 10.5 Å². The average molecular weight is 323 g/mol. The molecule has 5 nitrogen and oxygen atoms in total. The molecular formula is C13H15BrN4O. The van der Waals surface area contributed by atoms with E-state index in [0.29, 0.717) is 12.4 Å². The van der Waals surface area contributed by atoms with Crippen LogP contribution in [0.25, 0.3) is 0 Å². The summed E-state index contributed by atoms with van der Waals surface area (Å²) in [7, 11) is 0. The molecule has 1 aliphatic rings. The Morgan fingerprint density at radius 1 is 1.53 bits per heavy atom. The molecule has 0 fully saturated rings. The van der Waals surface area contributed by atoms with Gasteiger partial charge in [0.25, 0.3) is 0 Å². The van der Waals surface area contributed by atoms with E-state index in [1.165, 1.54) is 5.56 Å². The molecule has 1 aliphatic heterocycles. The monoisotopic (exact) mass is 322 g/mol. The van der Waals surface area contributed by atoms with Crippen molar-refractivity contribution < 1.29 is 4.74 Å². The highest BCUT2D eigenvalue weighted by Gasteiger charge is 2.18. The van der Waals surface area contributed by atoms with Gasteiger partial charge in [0.05, 0.1) is 19.2 Å². The second kappa shape index (κ2) is 4.94. The van der Waals surface area contributed by atoms with Gasteiger partial charge in [0.15, 0.2) is 5.82 Å². The minimum Gasteiger partial charge on any atom is -0.493 e. The molecule has 6 heteroatoms. The highest BCUT2D eigenvalue weighted by atomic mass is 79.9. The van der Waals surface area contributed by atoms with Gasteiger partial charge in [-0.15, -0.1) is 0 Å². The van der Waals surface area contributed by atoms with E-state index in [9.17, 15) is 0 Å². The highest BCUT2D eigenvalue weighted by molar-refractivity contribution is 9.10. The van der Waals surface area contributed by atoms with Crippen LogP contribution in [0.5, 0.6) is 5.75 Å². The van der Waals surface area contributed by atoms with E-state index in [1.807, 2.05) is 6.92 Å². The van der Waals surface area contributed by atoms with Crippen molar-refractivity contribution in [3.05, 3.63) is 39.9 Å². The average Bonchev–Trinajstić information content (AvgIpc) is 2.96. The van der Waals surface area contributed by atoms with Gasteiger partial charge in [-0.1, -0.05) is 15.9 Å². The zero-order valence-electron chi connectivity index (χ0n) is 10.6. The fourth-order valence-corrected chi connectivity index (χ4v) is 2.78. The number of fused-ring (bicyclic) bond motifs is 1. The first kappa shape index (κ1) is 12.6. The summed E-state index contributed by atoms with van der Waals surface area (Å²) < 4.78 is 8.57. The molecule has 1 aromatic heterocycles. The summed E-state index contributed by atoms with van der Waals surface area (Å²) in [5, 5.41) is 4.37. The first-order valence-electron chi connectivity index (χ1n) is 6.22. The number of benzene rings is 1. The molecule has 0 amide bonds. The minimum absolute atomic E-state index is 0.147. The fourth-order valence-electron chi connectivity index (χ4n) is 2.23. The van der Waals surface area contributed by atoms with Crippen LogP contribution in [0.4, 0.5) is 0 Å². The number of aromatic nitrogens is 3. The Labute approximate surface area is 119 Å². The van der Waals surface area contributed by atoms with Crippen LogP contribution in [0.3, 0.4) is 0 Å². The van der Waals surface area contributed by atoms with Crippen LogP contribution in [-0.2, 0) is 13.0 Å². The Morgan fingerprint density at radius 2 is 2.37 bits per heavy atom. The maximum absolute atomic E-state index is 5.76. The molecule has 2 aromatic rings. The first-order valence-corrected chi connectivity index (χ1v) is 7.02. The topological polar surface area (TPSA) is 66.0 Å². The van der Waals surface area contributed by atoms with Crippen LogP contribution in [0, 0.1) is 0 Å². The van der Waals surface area contributed by atoms with Crippen molar-refractivity contribution in [3.8, 4) is 5.75 Å². The summed E-state index contributed by atoms with van der Waals surface area (Å²) in [6.45, 7) is 3.27. The molecule has 1 unspecified atom stereocenters. The zero-order valence-corrected chi connectivity index (χ0v) is 12.2. The standard InChI is InChI=1S/C13H15BrN4O/c1-8(15)13-16-7-18(17-13)6-10-5-11(14)4-9-2-3-19-12(9)10/h4-5,7-8H,2-3,6,15H2,1H3. The second-order valence-electron chi connectivity index (χ2n) is 4.74. The van der Waals surface area contributed by atoms with Crippen molar-refractivity contribution in [3.63, 3.8) is 0 Å². The maximum atomic E-state index is 5.76. The Hall–Kier alpha value is -1.40. The lowest BCUT2D eigenvalue weighted by atomic mass is 10.1. The lowest BCUT2D eigenvalue weighted by molar-refractivity contribution is 0.352. The zero-order chi connectivity index (χ0) is 13.4. The van der Waals surface area contributed by atoms with Crippen molar-refractivity contribution in [2.45, 2.75) is 25.9 Å². The lowest BCUT2D eigenvalue weighted by Crippen LogP contribution is -2.09. The Bertz CT molecular complexity index is 609. The molecule has 0 radical (unpaired) electrons. The third-order valence-corrected chi connectivity index (χ3v) is 3.58. The third-order valence-electron chi connectivity index (χ3n) is 3.12. The van der Waals surface area contributed by atoms with Gasteiger partial charge >= 0.3 is 0 Å². The molecule has 19 heavy (non-hydrogen) atoms. The fraction of sp³-hybridized carbons (Fsp3) is 0.385. The van der Waals surface area contributed by atoms with Gasteiger partial charge in [0.2, 0.25) is 0 Å². The Balaban J connectivity index is 1.90. The summed E-state index contributed by atoms with van der Waals surface area (Å²) in [6.07, 6.45) is 2.67. The molecule has 3 rings (SSSR count). The van der Waals surface area contributed by atoms with Crippen molar-refractivity contribution in [2.75, 3.05) is 6.61 Å². The van der Waals surface area contributed by atoms with Crippen LogP contribution in [-0.4, -0.2) is 21.4 Å². The van der Waals surface area contributed by atoms with Crippen molar-refractivity contribution in [1.29, 1.82) is 0 Å². The summed E-state index contributed by atoms with van der Waals surface area (Å²) >= 11 is 3.54. The van der Waals surface area contributed by atoms with Gasteiger partial charge in [-0.25, -0.2) is 9.67 Å². The molecule has 0 saturated carbocycles. The van der Waals surface area contributed by atoms with Crippen LogP contribution in [0.2, 0.25) is 0 Å². The first-order chi connectivity index (χ1) is 9.13. The number of nitrogens with two attached hydrogens (primary N) is 1. The molecule has 1 atom stereocenters.